The third-order valence-corrected chi connectivity index (χ3v) is 5.32. The van der Waals surface area contributed by atoms with Gasteiger partial charge in [0.1, 0.15) is 5.82 Å². The van der Waals surface area contributed by atoms with Crippen molar-refractivity contribution < 1.29 is 4.79 Å². The van der Waals surface area contributed by atoms with Crippen LogP contribution in [0.15, 0.2) is 30.7 Å². The number of hydrogen-bond donors (Lipinski definition) is 0. The van der Waals surface area contributed by atoms with E-state index in [-0.39, 0.29) is 22.7 Å². The van der Waals surface area contributed by atoms with Crippen molar-refractivity contribution in [1.29, 1.82) is 0 Å². The van der Waals surface area contributed by atoms with E-state index in [4.69, 9.17) is 4.98 Å². The molecule has 1 saturated heterocycles. The predicted octanol–water partition coefficient (Wildman–Crippen LogP) is 4.98. The van der Waals surface area contributed by atoms with E-state index in [1.165, 1.54) is 0 Å². The van der Waals surface area contributed by atoms with E-state index in [2.05, 4.69) is 51.5 Å². The Labute approximate surface area is 175 Å². The monoisotopic (exact) mass is 394 g/mol. The molecule has 3 rings (SSSR count). The average molecular weight is 395 g/mol. The number of amides is 1. The molecular weight excluding hydrogens is 360 g/mol. The Bertz CT molecular complexity index is 849. The highest BCUT2D eigenvalue weighted by Crippen LogP contribution is 2.35. The molecule has 0 aliphatic carbocycles. The van der Waals surface area contributed by atoms with Gasteiger partial charge in [0.05, 0.1) is 5.69 Å². The van der Waals surface area contributed by atoms with Gasteiger partial charge in [-0.1, -0.05) is 41.5 Å². The maximum absolute atomic E-state index is 12.9. The molecule has 1 amide bonds. The highest BCUT2D eigenvalue weighted by atomic mass is 16.2. The number of rotatable bonds is 3. The first-order chi connectivity index (χ1) is 13.5. The number of hydrogen-bond acceptors (Lipinski definition) is 4. The molecule has 0 aromatic carbocycles. The Morgan fingerprint density at radius 3 is 2.45 bits per heavy atom. The van der Waals surface area contributed by atoms with Crippen molar-refractivity contribution in [2.45, 2.75) is 72.1 Å². The number of likely N-dealkylation sites (tertiary alicyclic amines) is 1. The summed E-state index contributed by atoms with van der Waals surface area (Å²) in [6.45, 7) is 14.3. The van der Waals surface area contributed by atoms with E-state index < -0.39 is 0 Å². The van der Waals surface area contributed by atoms with Crippen molar-refractivity contribution in [3.05, 3.63) is 42.2 Å². The first kappa shape index (κ1) is 21.4. The van der Waals surface area contributed by atoms with Gasteiger partial charge in [0.2, 0.25) is 5.91 Å². The van der Waals surface area contributed by atoms with Gasteiger partial charge in [0.25, 0.3) is 0 Å². The summed E-state index contributed by atoms with van der Waals surface area (Å²) in [6.07, 6.45) is 8.18. The summed E-state index contributed by atoms with van der Waals surface area (Å²) in [4.78, 5) is 28.8. The molecule has 0 saturated carbocycles. The van der Waals surface area contributed by atoms with Gasteiger partial charge >= 0.3 is 0 Å². The number of pyridine rings is 1. The lowest BCUT2D eigenvalue weighted by Gasteiger charge is -2.35. The maximum atomic E-state index is 12.9. The zero-order valence-corrected chi connectivity index (χ0v) is 18.7. The van der Waals surface area contributed by atoms with Crippen molar-refractivity contribution in [1.82, 2.24) is 19.9 Å². The summed E-state index contributed by atoms with van der Waals surface area (Å²) in [6, 6.07) is 4.01. The summed E-state index contributed by atoms with van der Waals surface area (Å²) < 4.78 is 0. The number of piperidine rings is 1. The quantitative estimate of drug-likeness (QED) is 0.737. The van der Waals surface area contributed by atoms with Crippen LogP contribution in [0.4, 0.5) is 0 Å². The highest BCUT2D eigenvalue weighted by molar-refractivity contribution is 5.77. The minimum absolute atomic E-state index is 0.000543. The average Bonchev–Trinajstić information content (AvgIpc) is 2.66. The van der Waals surface area contributed by atoms with E-state index in [0.29, 0.717) is 6.42 Å². The van der Waals surface area contributed by atoms with Gasteiger partial charge < -0.3 is 4.90 Å². The molecule has 0 radical (unpaired) electrons. The first-order valence-corrected chi connectivity index (χ1v) is 10.6. The highest BCUT2D eigenvalue weighted by Gasteiger charge is 2.30. The lowest BCUT2D eigenvalue weighted by Crippen LogP contribution is -2.41. The smallest absolute Gasteiger partial charge is 0.223 e. The second-order valence-corrected chi connectivity index (χ2v) is 10.4. The predicted molar refractivity (Wildman–Crippen MR) is 117 cm³/mol. The standard InChI is InChI=1S/C24H34N4O/c1-23(2,3)14-20(29)28-13-7-8-18(16-28)21-19(17-9-11-25-12-10-17)15-26-22(27-21)24(4,5)6/h9-12,15,18H,7-8,13-14,16H2,1-6H3. The summed E-state index contributed by atoms with van der Waals surface area (Å²) in [7, 11) is 0. The molecule has 1 unspecified atom stereocenters. The van der Waals surface area contributed by atoms with Crippen LogP contribution in [0.5, 0.6) is 0 Å². The number of aromatic nitrogens is 3. The molecule has 0 spiro atoms. The fourth-order valence-corrected chi connectivity index (χ4v) is 3.81. The number of carbonyl (C=O) groups is 1. The molecule has 2 aromatic rings. The fraction of sp³-hybridized carbons (Fsp3) is 0.583. The zero-order valence-electron chi connectivity index (χ0n) is 18.7. The van der Waals surface area contributed by atoms with Crippen LogP contribution in [0.1, 0.15) is 78.2 Å². The van der Waals surface area contributed by atoms with Crippen LogP contribution in [0.3, 0.4) is 0 Å². The molecule has 156 valence electrons. The maximum Gasteiger partial charge on any atom is 0.223 e. The van der Waals surface area contributed by atoms with E-state index in [0.717, 1.165) is 48.6 Å². The normalized spacial score (nSPS) is 18.0. The van der Waals surface area contributed by atoms with Crippen molar-refractivity contribution >= 4 is 5.91 Å². The van der Waals surface area contributed by atoms with E-state index in [1.807, 2.05) is 23.2 Å². The topological polar surface area (TPSA) is 59.0 Å². The Kier molecular flexibility index (Phi) is 6.06. The first-order valence-electron chi connectivity index (χ1n) is 10.6. The van der Waals surface area contributed by atoms with Gasteiger partial charge in [-0.25, -0.2) is 9.97 Å². The van der Waals surface area contributed by atoms with E-state index >= 15 is 0 Å². The van der Waals surface area contributed by atoms with Crippen molar-refractivity contribution in [2.75, 3.05) is 13.1 Å². The van der Waals surface area contributed by atoms with Crippen molar-refractivity contribution in [2.24, 2.45) is 5.41 Å². The van der Waals surface area contributed by atoms with Gasteiger partial charge in [0, 0.05) is 55.0 Å². The number of nitrogens with zero attached hydrogens (tertiary/aromatic N) is 4. The molecule has 1 fully saturated rings. The summed E-state index contributed by atoms with van der Waals surface area (Å²) in [5, 5.41) is 0. The van der Waals surface area contributed by atoms with Crippen LogP contribution in [-0.2, 0) is 10.2 Å². The van der Waals surface area contributed by atoms with Gasteiger partial charge in [0.15, 0.2) is 0 Å². The molecule has 29 heavy (non-hydrogen) atoms. The molecule has 0 bridgehead atoms. The van der Waals surface area contributed by atoms with Crippen LogP contribution < -0.4 is 0 Å². The van der Waals surface area contributed by atoms with Crippen LogP contribution in [-0.4, -0.2) is 38.8 Å². The van der Waals surface area contributed by atoms with Crippen LogP contribution >= 0.6 is 0 Å². The molecule has 5 heteroatoms. The molecule has 1 atom stereocenters. The Balaban J connectivity index is 1.96. The largest absolute Gasteiger partial charge is 0.342 e. The summed E-state index contributed by atoms with van der Waals surface area (Å²) in [5.41, 5.74) is 3.07. The van der Waals surface area contributed by atoms with Gasteiger partial charge in [-0.05, 0) is 36.0 Å². The van der Waals surface area contributed by atoms with E-state index in [1.54, 1.807) is 12.4 Å². The minimum Gasteiger partial charge on any atom is -0.342 e. The molecule has 1 aliphatic heterocycles. The molecule has 1 aliphatic rings. The van der Waals surface area contributed by atoms with Crippen molar-refractivity contribution in [3.63, 3.8) is 0 Å². The van der Waals surface area contributed by atoms with E-state index in [9.17, 15) is 4.79 Å². The lowest BCUT2D eigenvalue weighted by atomic mass is 9.87. The molecule has 2 aromatic heterocycles. The third-order valence-electron chi connectivity index (χ3n) is 5.32. The Hall–Kier alpha value is -2.30. The van der Waals surface area contributed by atoms with Gasteiger partial charge in [-0.2, -0.15) is 0 Å². The molecule has 5 nitrogen and oxygen atoms in total. The minimum atomic E-state index is -0.123. The number of carbonyl (C=O) groups excluding carboxylic acids is 1. The lowest BCUT2D eigenvalue weighted by molar-refractivity contribution is -0.134. The summed E-state index contributed by atoms with van der Waals surface area (Å²) in [5.74, 6) is 1.32. The SMILES string of the molecule is CC(C)(C)CC(=O)N1CCCC(c2nc(C(C)(C)C)ncc2-c2ccncc2)C1. The van der Waals surface area contributed by atoms with Crippen LogP contribution in [0.2, 0.25) is 0 Å². The fourth-order valence-electron chi connectivity index (χ4n) is 3.81. The Morgan fingerprint density at radius 1 is 1.14 bits per heavy atom. The Morgan fingerprint density at radius 2 is 1.83 bits per heavy atom. The second kappa shape index (κ2) is 8.21. The molecular formula is C24H34N4O. The third kappa shape index (κ3) is 5.40. The van der Waals surface area contributed by atoms with Crippen LogP contribution in [0.25, 0.3) is 11.1 Å². The van der Waals surface area contributed by atoms with Gasteiger partial charge in [-0.15, -0.1) is 0 Å². The van der Waals surface area contributed by atoms with Gasteiger partial charge in [-0.3, -0.25) is 9.78 Å². The molecule has 0 N–H and O–H groups in total. The van der Waals surface area contributed by atoms with Crippen LogP contribution in [0, 0.1) is 5.41 Å². The molecule has 3 heterocycles. The van der Waals surface area contributed by atoms with Crippen molar-refractivity contribution in [3.8, 4) is 11.1 Å². The zero-order chi connectivity index (χ0) is 21.2. The summed E-state index contributed by atoms with van der Waals surface area (Å²) >= 11 is 0. The second-order valence-electron chi connectivity index (χ2n) is 10.4.